The van der Waals surface area contributed by atoms with Crippen molar-refractivity contribution in [1.29, 1.82) is 0 Å². The van der Waals surface area contributed by atoms with Crippen LogP contribution in [0.5, 0.6) is 0 Å². The maximum Gasteiger partial charge on any atom is 0.264 e. The average Bonchev–Trinajstić information content (AvgIpc) is 2.95. The van der Waals surface area contributed by atoms with Crippen LogP contribution in [0.15, 0.2) is 19.5 Å². The summed E-state index contributed by atoms with van der Waals surface area (Å²) < 4.78 is 1.74. The third kappa shape index (κ3) is 2.55. The second-order valence-corrected chi connectivity index (χ2v) is 7.14. The van der Waals surface area contributed by atoms with E-state index in [4.69, 9.17) is 10.9 Å². The quantitative estimate of drug-likeness (QED) is 0.349. The number of carbonyl (C=O) groups excluding carboxylic acids is 1. The Bertz CT molecular complexity index is 484. The summed E-state index contributed by atoms with van der Waals surface area (Å²) in [5, 5.41) is 11.7. The van der Waals surface area contributed by atoms with Crippen LogP contribution in [0, 0.1) is 0 Å². The number of carbonyl (C=O) groups is 1. The van der Waals surface area contributed by atoms with Gasteiger partial charge in [0.25, 0.3) is 5.91 Å². The summed E-state index contributed by atoms with van der Waals surface area (Å²) in [5.74, 6) is 0.0102. The van der Waals surface area contributed by atoms with Crippen LogP contribution in [0.25, 0.3) is 0 Å². The van der Waals surface area contributed by atoms with Gasteiger partial charge in [0.05, 0.1) is 14.7 Å². The topological polar surface area (TPSA) is 78.9 Å². The van der Waals surface area contributed by atoms with E-state index in [0.717, 1.165) is 21.1 Å². The molecule has 3 N–H and O–H groups in total. The molecule has 98 valence electrons. The van der Waals surface area contributed by atoms with Crippen LogP contribution >= 0.6 is 43.2 Å². The van der Waals surface area contributed by atoms with E-state index in [2.05, 4.69) is 37.0 Å². The summed E-state index contributed by atoms with van der Waals surface area (Å²) in [4.78, 5) is 14.6. The minimum atomic E-state index is -0.304. The molecule has 1 unspecified atom stereocenters. The Labute approximate surface area is 125 Å². The first-order valence-electron chi connectivity index (χ1n) is 5.27. The van der Waals surface area contributed by atoms with Gasteiger partial charge in [-0.25, -0.2) is 0 Å². The molecule has 1 aromatic rings. The third-order valence-corrected chi connectivity index (χ3v) is 6.07. The maximum absolute atomic E-state index is 12.3. The molecule has 1 amide bonds. The lowest BCUT2D eigenvalue weighted by molar-refractivity contribution is 0.0772. The van der Waals surface area contributed by atoms with E-state index in [-0.39, 0.29) is 17.8 Å². The fraction of sp³-hybridized carbons (Fsp3) is 0.400. The van der Waals surface area contributed by atoms with Crippen molar-refractivity contribution in [1.82, 2.24) is 4.90 Å². The van der Waals surface area contributed by atoms with Crippen LogP contribution in [-0.2, 0) is 0 Å². The van der Waals surface area contributed by atoms with Crippen LogP contribution in [-0.4, -0.2) is 34.4 Å². The predicted octanol–water partition coefficient (Wildman–Crippen LogP) is 2.62. The summed E-state index contributed by atoms with van der Waals surface area (Å²) >= 11 is 8.08. The van der Waals surface area contributed by atoms with Gasteiger partial charge < -0.3 is 15.8 Å². The Morgan fingerprint density at radius 2 is 2.33 bits per heavy atom. The summed E-state index contributed by atoms with van der Waals surface area (Å²) in [7, 11) is 0. The van der Waals surface area contributed by atoms with Gasteiger partial charge in [-0.05, 0) is 50.8 Å². The number of nitrogens with two attached hydrogens (primary N) is 1. The van der Waals surface area contributed by atoms with Crippen molar-refractivity contribution in [3.8, 4) is 0 Å². The number of amidine groups is 1. The molecule has 0 aliphatic carbocycles. The zero-order valence-corrected chi connectivity index (χ0v) is 13.3. The van der Waals surface area contributed by atoms with Crippen molar-refractivity contribution in [2.24, 2.45) is 10.9 Å². The van der Waals surface area contributed by atoms with E-state index in [9.17, 15) is 4.79 Å². The Balaban J connectivity index is 2.23. The van der Waals surface area contributed by atoms with E-state index in [1.54, 1.807) is 11.0 Å². The zero-order valence-electron chi connectivity index (χ0n) is 9.27. The first-order chi connectivity index (χ1) is 8.54. The van der Waals surface area contributed by atoms with E-state index in [1.807, 2.05) is 0 Å². The van der Waals surface area contributed by atoms with Crippen molar-refractivity contribution >= 4 is 54.9 Å². The van der Waals surface area contributed by atoms with E-state index in [1.165, 1.54) is 11.3 Å². The van der Waals surface area contributed by atoms with Crippen molar-refractivity contribution in [2.45, 2.75) is 18.9 Å². The molecular weight excluding hydrogens is 386 g/mol. The molecule has 0 bridgehead atoms. The van der Waals surface area contributed by atoms with Gasteiger partial charge >= 0.3 is 0 Å². The molecule has 5 nitrogen and oxygen atoms in total. The molecule has 0 aromatic carbocycles. The Morgan fingerprint density at radius 3 is 2.89 bits per heavy atom. The number of oxime groups is 1. The first-order valence-corrected chi connectivity index (χ1v) is 7.68. The Kier molecular flexibility index (Phi) is 4.29. The van der Waals surface area contributed by atoms with Gasteiger partial charge in [-0.3, -0.25) is 4.79 Å². The van der Waals surface area contributed by atoms with Crippen LogP contribution in [0.1, 0.15) is 22.5 Å². The van der Waals surface area contributed by atoms with Gasteiger partial charge in [0.2, 0.25) is 0 Å². The molecule has 0 saturated carbocycles. The highest BCUT2D eigenvalue weighted by Gasteiger charge is 2.33. The third-order valence-electron chi connectivity index (χ3n) is 2.83. The summed E-state index contributed by atoms with van der Waals surface area (Å²) in [6.45, 7) is 0.632. The van der Waals surface area contributed by atoms with E-state index < -0.39 is 0 Å². The van der Waals surface area contributed by atoms with Gasteiger partial charge in [0.15, 0.2) is 5.84 Å². The fourth-order valence-corrected chi connectivity index (χ4v) is 3.97. The minimum Gasteiger partial charge on any atom is -0.409 e. The highest BCUT2D eigenvalue weighted by molar-refractivity contribution is 9.13. The first kappa shape index (κ1) is 13.8. The highest BCUT2D eigenvalue weighted by atomic mass is 79.9. The van der Waals surface area contributed by atoms with E-state index in [0.29, 0.717) is 11.4 Å². The van der Waals surface area contributed by atoms with Gasteiger partial charge in [0, 0.05) is 11.0 Å². The normalized spacial score (nSPS) is 20.4. The second kappa shape index (κ2) is 5.58. The molecule has 8 heteroatoms. The predicted molar refractivity (Wildman–Crippen MR) is 77.2 cm³/mol. The van der Waals surface area contributed by atoms with Crippen LogP contribution in [0.2, 0.25) is 0 Å². The fourth-order valence-electron chi connectivity index (χ4n) is 1.98. The summed E-state index contributed by atoms with van der Waals surface area (Å²) in [6.07, 6.45) is 1.59. The van der Waals surface area contributed by atoms with Crippen LogP contribution < -0.4 is 5.73 Å². The van der Waals surface area contributed by atoms with Gasteiger partial charge in [-0.1, -0.05) is 5.16 Å². The molecule has 1 aliphatic heterocycles. The molecule has 0 spiro atoms. The minimum absolute atomic E-state index is 0.0829. The van der Waals surface area contributed by atoms with Crippen LogP contribution in [0.4, 0.5) is 0 Å². The lowest BCUT2D eigenvalue weighted by Gasteiger charge is -2.22. The average molecular weight is 397 g/mol. The standard InChI is InChI=1S/C10H11Br2N3O2S/c11-5-4-7(18-8(5)12)10(16)15-3-1-2-6(15)9(13)14-17/h4,6,17H,1-3H2,(H2,13,14). The molecule has 1 saturated heterocycles. The van der Waals surface area contributed by atoms with Gasteiger partial charge in [-0.15, -0.1) is 11.3 Å². The molecule has 1 atom stereocenters. The molecule has 0 radical (unpaired) electrons. The van der Waals surface area contributed by atoms with Gasteiger partial charge in [-0.2, -0.15) is 0 Å². The number of nitrogens with zero attached hydrogens (tertiary/aromatic N) is 2. The number of halogens is 2. The lowest BCUT2D eigenvalue weighted by atomic mass is 10.2. The molecule has 18 heavy (non-hydrogen) atoms. The van der Waals surface area contributed by atoms with Crippen LogP contribution in [0.3, 0.4) is 0 Å². The number of hydrogen-bond acceptors (Lipinski definition) is 4. The Morgan fingerprint density at radius 1 is 1.61 bits per heavy atom. The zero-order chi connectivity index (χ0) is 13.3. The van der Waals surface area contributed by atoms with Crippen molar-refractivity contribution < 1.29 is 10.0 Å². The molecular formula is C10H11Br2N3O2S. The second-order valence-electron chi connectivity index (χ2n) is 3.91. The van der Waals surface area contributed by atoms with Crippen molar-refractivity contribution in [3.63, 3.8) is 0 Å². The summed E-state index contributed by atoms with van der Waals surface area (Å²) in [5.41, 5.74) is 5.61. The number of likely N-dealkylation sites (tertiary alicyclic amines) is 1. The molecule has 1 fully saturated rings. The molecule has 2 rings (SSSR count). The van der Waals surface area contributed by atoms with Crippen molar-refractivity contribution in [2.75, 3.05) is 6.54 Å². The smallest absolute Gasteiger partial charge is 0.264 e. The molecule has 1 aliphatic rings. The molecule has 2 heterocycles. The lowest BCUT2D eigenvalue weighted by Crippen LogP contribution is -2.43. The van der Waals surface area contributed by atoms with Crippen molar-refractivity contribution in [3.05, 3.63) is 19.2 Å². The monoisotopic (exact) mass is 395 g/mol. The largest absolute Gasteiger partial charge is 0.409 e. The van der Waals surface area contributed by atoms with Gasteiger partial charge in [0.1, 0.15) is 0 Å². The number of thiophene rings is 1. The highest BCUT2D eigenvalue weighted by Crippen LogP contribution is 2.34. The maximum atomic E-state index is 12.3. The SMILES string of the molecule is NC(=NO)C1CCCN1C(=O)c1cc(Br)c(Br)s1. The van der Waals surface area contributed by atoms with E-state index >= 15 is 0 Å². The number of rotatable bonds is 2. The summed E-state index contributed by atoms with van der Waals surface area (Å²) in [6, 6.07) is 1.47. The number of amides is 1. The Hall–Kier alpha value is -0.600. The number of hydrogen-bond donors (Lipinski definition) is 2. The molecule has 1 aromatic heterocycles.